The first-order valence-electron chi connectivity index (χ1n) is 7.47. The van der Waals surface area contributed by atoms with Crippen molar-refractivity contribution in [2.45, 2.75) is 32.2 Å². The Bertz CT molecular complexity index is 637. The molecule has 0 heterocycles. The van der Waals surface area contributed by atoms with E-state index in [2.05, 4.69) is 12.1 Å². The Morgan fingerprint density at radius 2 is 1.71 bits per heavy atom. The number of methoxy groups -OCH3 is 1. The molecule has 1 aliphatic carbocycles. The van der Waals surface area contributed by atoms with Crippen molar-refractivity contribution in [1.82, 2.24) is 0 Å². The normalized spacial score (nSPS) is 13.6. The van der Waals surface area contributed by atoms with E-state index in [1.54, 1.807) is 7.11 Å². The van der Waals surface area contributed by atoms with Crippen molar-refractivity contribution in [3.8, 4) is 17.2 Å². The number of aryl methyl sites for hydroxylation is 2. The van der Waals surface area contributed by atoms with Gasteiger partial charge in [-0.25, -0.2) is 0 Å². The molecule has 21 heavy (non-hydrogen) atoms. The predicted molar refractivity (Wildman–Crippen MR) is 84.0 cm³/mol. The SMILES string of the molecule is COc1ccc(CN)c(Oc2ccc3c(c2)CCCC3)c1. The van der Waals surface area contributed by atoms with Gasteiger partial charge in [-0.05, 0) is 55.0 Å². The monoisotopic (exact) mass is 283 g/mol. The second kappa shape index (κ2) is 6.19. The quantitative estimate of drug-likeness (QED) is 0.927. The van der Waals surface area contributed by atoms with Crippen molar-refractivity contribution in [1.29, 1.82) is 0 Å². The first-order valence-corrected chi connectivity index (χ1v) is 7.47. The van der Waals surface area contributed by atoms with Crippen LogP contribution >= 0.6 is 0 Å². The molecule has 0 spiro atoms. The maximum atomic E-state index is 6.05. The Morgan fingerprint density at radius 3 is 2.48 bits per heavy atom. The third-order valence-corrected chi connectivity index (χ3v) is 4.04. The van der Waals surface area contributed by atoms with Crippen LogP contribution in [-0.4, -0.2) is 7.11 Å². The highest BCUT2D eigenvalue weighted by atomic mass is 16.5. The fraction of sp³-hybridized carbons (Fsp3) is 0.333. The smallest absolute Gasteiger partial charge is 0.135 e. The van der Waals surface area contributed by atoms with Crippen LogP contribution in [0.5, 0.6) is 17.2 Å². The van der Waals surface area contributed by atoms with E-state index in [9.17, 15) is 0 Å². The second-order valence-electron chi connectivity index (χ2n) is 5.42. The number of benzene rings is 2. The van der Waals surface area contributed by atoms with Crippen LogP contribution < -0.4 is 15.2 Å². The van der Waals surface area contributed by atoms with Crippen molar-refractivity contribution in [3.05, 3.63) is 53.1 Å². The number of fused-ring (bicyclic) bond motifs is 1. The lowest BCUT2D eigenvalue weighted by atomic mass is 9.92. The Balaban J connectivity index is 1.89. The molecular formula is C18H21NO2. The Labute approximate surface area is 125 Å². The third kappa shape index (κ3) is 3.03. The van der Waals surface area contributed by atoms with Gasteiger partial charge >= 0.3 is 0 Å². The van der Waals surface area contributed by atoms with Crippen LogP contribution in [-0.2, 0) is 19.4 Å². The molecule has 0 bridgehead atoms. The highest BCUT2D eigenvalue weighted by molar-refractivity contribution is 5.45. The van der Waals surface area contributed by atoms with E-state index in [1.807, 2.05) is 24.3 Å². The Kier molecular flexibility index (Phi) is 4.11. The number of hydrogen-bond acceptors (Lipinski definition) is 3. The van der Waals surface area contributed by atoms with Crippen LogP contribution in [0.15, 0.2) is 36.4 Å². The second-order valence-corrected chi connectivity index (χ2v) is 5.42. The van der Waals surface area contributed by atoms with Gasteiger partial charge in [0.15, 0.2) is 0 Å². The van der Waals surface area contributed by atoms with E-state index >= 15 is 0 Å². The van der Waals surface area contributed by atoms with Crippen LogP contribution in [0, 0.1) is 0 Å². The van der Waals surface area contributed by atoms with Crippen molar-refractivity contribution in [3.63, 3.8) is 0 Å². The molecule has 0 saturated heterocycles. The minimum absolute atomic E-state index is 0.449. The minimum Gasteiger partial charge on any atom is -0.497 e. The molecule has 3 rings (SSSR count). The number of nitrogens with two attached hydrogens (primary N) is 1. The maximum absolute atomic E-state index is 6.05. The van der Waals surface area contributed by atoms with Gasteiger partial charge in [0, 0.05) is 18.2 Å². The van der Waals surface area contributed by atoms with Gasteiger partial charge in [-0.1, -0.05) is 12.1 Å². The van der Waals surface area contributed by atoms with Gasteiger partial charge in [0.25, 0.3) is 0 Å². The molecule has 3 heteroatoms. The summed E-state index contributed by atoms with van der Waals surface area (Å²) in [5.41, 5.74) is 9.64. The van der Waals surface area contributed by atoms with Crippen molar-refractivity contribution in [2.24, 2.45) is 5.73 Å². The summed E-state index contributed by atoms with van der Waals surface area (Å²) in [5, 5.41) is 0. The molecule has 1 aliphatic rings. The van der Waals surface area contributed by atoms with Crippen molar-refractivity contribution < 1.29 is 9.47 Å². The lowest BCUT2D eigenvalue weighted by Crippen LogP contribution is -2.03. The lowest BCUT2D eigenvalue weighted by molar-refractivity contribution is 0.408. The predicted octanol–water partition coefficient (Wildman–Crippen LogP) is 3.83. The Morgan fingerprint density at radius 1 is 0.952 bits per heavy atom. The molecule has 0 atom stereocenters. The number of ether oxygens (including phenoxy) is 2. The van der Waals surface area contributed by atoms with Gasteiger partial charge in [0.2, 0.25) is 0 Å². The molecule has 2 aromatic carbocycles. The molecule has 0 unspecified atom stereocenters. The van der Waals surface area contributed by atoms with E-state index < -0.39 is 0 Å². The molecule has 0 aliphatic heterocycles. The highest BCUT2D eigenvalue weighted by Gasteiger charge is 2.11. The molecule has 2 N–H and O–H groups in total. The van der Waals surface area contributed by atoms with Gasteiger partial charge in [-0.15, -0.1) is 0 Å². The summed E-state index contributed by atoms with van der Waals surface area (Å²) in [5.74, 6) is 2.42. The summed E-state index contributed by atoms with van der Waals surface area (Å²) < 4.78 is 11.3. The zero-order valence-corrected chi connectivity index (χ0v) is 12.4. The summed E-state index contributed by atoms with van der Waals surface area (Å²) in [6.07, 6.45) is 4.89. The first-order chi connectivity index (χ1) is 10.3. The fourth-order valence-corrected chi connectivity index (χ4v) is 2.83. The molecule has 110 valence electrons. The van der Waals surface area contributed by atoms with Gasteiger partial charge < -0.3 is 15.2 Å². The Hall–Kier alpha value is -2.00. The van der Waals surface area contributed by atoms with E-state index in [0.717, 1.165) is 29.2 Å². The van der Waals surface area contributed by atoms with E-state index in [-0.39, 0.29) is 0 Å². The van der Waals surface area contributed by atoms with Crippen molar-refractivity contribution >= 4 is 0 Å². The zero-order valence-electron chi connectivity index (χ0n) is 12.4. The third-order valence-electron chi connectivity index (χ3n) is 4.04. The summed E-state index contributed by atoms with van der Waals surface area (Å²) in [6.45, 7) is 0.449. The van der Waals surface area contributed by atoms with Gasteiger partial charge in [0.1, 0.15) is 17.2 Å². The average molecular weight is 283 g/mol. The van der Waals surface area contributed by atoms with Crippen molar-refractivity contribution in [2.75, 3.05) is 7.11 Å². The largest absolute Gasteiger partial charge is 0.497 e. The van der Waals surface area contributed by atoms with Gasteiger partial charge in [-0.3, -0.25) is 0 Å². The summed E-state index contributed by atoms with van der Waals surface area (Å²) in [6, 6.07) is 12.1. The molecule has 0 fully saturated rings. The molecule has 0 saturated carbocycles. The van der Waals surface area contributed by atoms with E-state index in [1.165, 1.54) is 30.4 Å². The van der Waals surface area contributed by atoms with E-state index in [0.29, 0.717) is 6.54 Å². The molecule has 2 aromatic rings. The summed E-state index contributed by atoms with van der Waals surface area (Å²) in [4.78, 5) is 0. The molecule has 3 nitrogen and oxygen atoms in total. The molecule has 0 radical (unpaired) electrons. The summed E-state index contributed by atoms with van der Waals surface area (Å²) >= 11 is 0. The molecule has 0 amide bonds. The standard InChI is InChI=1S/C18H21NO2/c1-20-16-8-7-15(12-19)18(11-16)21-17-9-6-13-4-2-3-5-14(13)10-17/h6-11H,2-5,12,19H2,1H3. The lowest BCUT2D eigenvalue weighted by Gasteiger charge is -2.17. The maximum Gasteiger partial charge on any atom is 0.135 e. The van der Waals surface area contributed by atoms with Gasteiger partial charge in [0.05, 0.1) is 7.11 Å². The zero-order chi connectivity index (χ0) is 14.7. The number of rotatable bonds is 4. The van der Waals surface area contributed by atoms with Crippen LogP contribution in [0.1, 0.15) is 29.5 Å². The molecular weight excluding hydrogens is 262 g/mol. The average Bonchev–Trinajstić information content (AvgIpc) is 2.54. The van der Waals surface area contributed by atoms with E-state index in [4.69, 9.17) is 15.2 Å². The number of hydrogen-bond donors (Lipinski definition) is 1. The van der Waals surface area contributed by atoms with Crippen LogP contribution in [0.2, 0.25) is 0 Å². The fourth-order valence-electron chi connectivity index (χ4n) is 2.83. The minimum atomic E-state index is 0.449. The van der Waals surface area contributed by atoms with Crippen LogP contribution in [0.3, 0.4) is 0 Å². The topological polar surface area (TPSA) is 44.5 Å². The first kappa shape index (κ1) is 14.0. The van der Waals surface area contributed by atoms with Gasteiger partial charge in [-0.2, -0.15) is 0 Å². The van der Waals surface area contributed by atoms with Crippen LogP contribution in [0.4, 0.5) is 0 Å². The molecule has 0 aromatic heterocycles. The summed E-state index contributed by atoms with van der Waals surface area (Å²) in [7, 11) is 1.65. The highest BCUT2D eigenvalue weighted by Crippen LogP contribution is 2.32. The van der Waals surface area contributed by atoms with Crippen LogP contribution in [0.25, 0.3) is 0 Å².